The molecule has 0 atom stereocenters. The Morgan fingerprint density at radius 2 is 1.85 bits per heavy atom. The molecule has 0 amide bonds. The lowest BCUT2D eigenvalue weighted by Gasteiger charge is -2.37. The van der Waals surface area contributed by atoms with Gasteiger partial charge >= 0.3 is 0 Å². The van der Waals surface area contributed by atoms with Gasteiger partial charge in [0, 0.05) is 38.8 Å². The van der Waals surface area contributed by atoms with Crippen LogP contribution < -0.4 is 10.5 Å². The molecule has 182 valence electrons. The molecule has 1 aromatic carbocycles. The molecule has 1 aliphatic carbocycles. The summed E-state index contributed by atoms with van der Waals surface area (Å²) in [5.41, 5.74) is -0.492. The molecule has 1 aromatic heterocycles. The summed E-state index contributed by atoms with van der Waals surface area (Å²) in [6.07, 6.45) is 4.12. The zero-order chi connectivity index (χ0) is 24.2. The number of hydrogen-bond donors (Lipinski definition) is 0. The molecule has 2 fully saturated rings. The van der Waals surface area contributed by atoms with Gasteiger partial charge in [0.15, 0.2) is 5.13 Å². The fourth-order valence-electron chi connectivity index (χ4n) is 4.43. The average Bonchev–Trinajstić information content (AvgIpc) is 2.83. The number of oxime groups is 1. The van der Waals surface area contributed by atoms with E-state index in [9.17, 15) is 25.0 Å². The Balaban J connectivity index is 1.43. The molecule has 2 aliphatic rings. The minimum atomic E-state index is -0.747. The van der Waals surface area contributed by atoms with Crippen molar-refractivity contribution in [1.82, 2.24) is 9.88 Å². The summed E-state index contributed by atoms with van der Waals surface area (Å²) in [6, 6.07) is 1.96. The molecule has 1 aliphatic heterocycles. The van der Waals surface area contributed by atoms with E-state index in [0.717, 1.165) is 74.5 Å². The van der Waals surface area contributed by atoms with E-state index in [1.54, 1.807) is 0 Å². The summed E-state index contributed by atoms with van der Waals surface area (Å²) in [5.74, 6) is 0.611. The third kappa shape index (κ3) is 5.30. The third-order valence-electron chi connectivity index (χ3n) is 6.25. The van der Waals surface area contributed by atoms with Crippen LogP contribution in [0.2, 0.25) is 0 Å². The van der Waals surface area contributed by atoms with Crippen LogP contribution in [0.25, 0.3) is 10.1 Å². The first-order chi connectivity index (χ1) is 16.4. The van der Waals surface area contributed by atoms with E-state index in [0.29, 0.717) is 30.7 Å². The van der Waals surface area contributed by atoms with Gasteiger partial charge in [0.1, 0.15) is 11.3 Å². The lowest BCUT2D eigenvalue weighted by atomic mass is 9.87. The Kier molecular flexibility index (Phi) is 7.32. The van der Waals surface area contributed by atoms with E-state index in [1.165, 1.54) is 0 Å². The molecule has 12 nitrogen and oxygen atoms in total. The predicted octanol–water partition coefficient (Wildman–Crippen LogP) is 3.18. The molecule has 13 heteroatoms. The second-order valence-electron chi connectivity index (χ2n) is 8.46. The normalized spacial score (nSPS) is 19.3. The number of anilines is 1. The van der Waals surface area contributed by atoms with Gasteiger partial charge in [0.2, 0.25) is 0 Å². The monoisotopic (exact) mass is 490 g/mol. The molecular weight excluding hydrogens is 464 g/mol. The van der Waals surface area contributed by atoms with Gasteiger partial charge in [-0.1, -0.05) is 16.5 Å². The Hall–Kier alpha value is -3.19. The molecule has 4 rings (SSSR count). The van der Waals surface area contributed by atoms with Crippen LogP contribution in [0.5, 0.6) is 0 Å². The first kappa shape index (κ1) is 24.0. The Labute approximate surface area is 199 Å². The number of aromatic nitrogens is 1. The molecule has 0 unspecified atom stereocenters. The number of nitrogens with zero attached hydrogens (tertiary/aromatic N) is 6. The van der Waals surface area contributed by atoms with Crippen LogP contribution in [0, 0.1) is 26.1 Å². The van der Waals surface area contributed by atoms with Crippen molar-refractivity contribution in [3.05, 3.63) is 42.7 Å². The number of hydrogen-bond acceptors (Lipinski definition) is 11. The van der Waals surface area contributed by atoms with E-state index >= 15 is 0 Å². The molecule has 1 saturated heterocycles. The maximum atomic E-state index is 12.6. The van der Waals surface area contributed by atoms with Gasteiger partial charge in [-0.25, -0.2) is 0 Å². The molecular formula is C21H26N6O6S. The maximum Gasteiger partial charge on any atom is 0.294 e. The minimum Gasteiger partial charge on any atom is -0.396 e. The molecule has 0 bridgehead atoms. The maximum absolute atomic E-state index is 12.6. The zero-order valence-electron chi connectivity index (χ0n) is 18.8. The average molecular weight is 491 g/mol. The molecule has 0 spiro atoms. The largest absolute Gasteiger partial charge is 0.396 e. The SMILES string of the molecule is CCON=C1CCC(CN2CCN(c3nc(=O)c4cc([N+](=O)[O-])cc([N+](=O)[O-])c4s3)CC2)CC1. The van der Waals surface area contributed by atoms with E-state index in [-0.39, 0.29) is 10.1 Å². The highest BCUT2D eigenvalue weighted by molar-refractivity contribution is 7.22. The summed E-state index contributed by atoms with van der Waals surface area (Å²) < 4.78 is 0.111. The van der Waals surface area contributed by atoms with Crippen molar-refractivity contribution in [2.75, 3.05) is 44.2 Å². The number of nitro groups is 2. The van der Waals surface area contributed by atoms with E-state index in [4.69, 9.17) is 4.84 Å². The van der Waals surface area contributed by atoms with Crippen LogP contribution in [0.1, 0.15) is 32.6 Å². The summed E-state index contributed by atoms with van der Waals surface area (Å²) in [4.78, 5) is 47.4. The highest BCUT2D eigenvalue weighted by Gasteiger charge is 2.27. The van der Waals surface area contributed by atoms with Gasteiger partial charge in [-0.2, -0.15) is 4.98 Å². The van der Waals surface area contributed by atoms with Crippen molar-refractivity contribution >= 4 is 43.6 Å². The Morgan fingerprint density at radius 3 is 2.47 bits per heavy atom. The number of rotatable bonds is 7. The number of piperazine rings is 1. The van der Waals surface area contributed by atoms with Crippen LogP contribution >= 0.6 is 11.3 Å². The molecule has 0 radical (unpaired) electrons. The fraction of sp³-hybridized carbons (Fsp3) is 0.571. The van der Waals surface area contributed by atoms with Gasteiger partial charge in [-0.05, 0) is 38.5 Å². The first-order valence-corrected chi connectivity index (χ1v) is 12.1. The van der Waals surface area contributed by atoms with Gasteiger partial charge in [0.25, 0.3) is 16.9 Å². The molecule has 1 saturated carbocycles. The molecule has 2 aromatic rings. The summed E-state index contributed by atoms with van der Waals surface area (Å²) >= 11 is 1.03. The van der Waals surface area contributed by atoms with Gasteiger partial charge in [0.05, 0.1) is 27.0 Å². The van der Waals surface area contributed by atoms with Crippen LogP contribution in [0.15, 0.2) is 22.1 Å². The van der Waals surface area contributed by atoms with Crippen molar-refractivity contribution in [3.8, 4) is 0 Å². The lowest BCUT2D eigenvalue weighted by Crippen LogP contribution is -2.48. The summed E-state index contributed by atoms with van der Waals surface area (Å²) in [6.45, 7) is 6.43. The predicted molar refractivity (Wildman–Crippen MR) is 129 cm³/mol. The van der Waals surface area contributed by atoms with Gasteiger partial charge in [-0.3, -0.25) is 29.9 Å². The zero-order valence-corrected chi connectivity index (χ0v) is 19.7. The topological polar surface area (TPSA) is 144 Å². The quantitative estimate of drug-likeness (QED) is 0.422. The van der Waals surface area contributed by atoms with Crippen LogP contribution in [0.3, 0.4) is 0 Å². The minimum absolute atomic E-state index is 0.0992. The second kappa shape index (κ2) is 10.4. The Morgan fingerprint density at radius 1 is 1.15 bits per heavy atom. The van der Waals surface area contributed by atoms with Crippen LogP contribution in [-0.4, -0.2) is 64.8 Å². The standard InChI is InChI=1S/C21H26N6O6S/c1-2-33-23-15-5-3-14(4-6-15)13-24-7-9-25(10-8-24)21-22-20(28)17-11-16(26(29)30)12-18(27(31)32)19(17)34-21/h11-12,14H,2-10,13H2,1H3. The summed E-state index contributed by atoms with van der Waals surface area (Å²) in [7, 11) is 0. The van der Waals surface area contributed by atoms with Gasteiger partial charge in [-0.15, -0.1) is 0 Å². The van der Waals surface area contributed by atoms with Crippen molar-refractivity contribution in [3.63, 3.8) is 0 Å². The molecule has 2 heterocycles. The van der Waals surface area contributed by atoms with Gasteiger partial charge < -0.3 is 9.74 Å². The van der Waals surface area contributed by atoms with E-state index in [1.807, 2.05) is 11.8 Å². The third-order valence-corrected chi connectivity index (χ3v) is 7.41. The first-order valence-electron chi connectivity index (χ1n) is 11.3. The van der Waals surface area contributed by atoms with E-state index < -0.39 is 26.8 Å². The number of nitro benzene ring substituents is 2. The Bertz CT molecular complexity index is 1170. The summed E-state index contributed by atoms with van der Waals surface area (Å²) in [5, 5.41) is 27.1. The van der Waals surface area contributed by atoms with Crippen LogP contribution in [0.4, 0.5) is 16.5 Å². The molecule has 34 heavy (non-hydrogen) atoms. The number of non-ortho nitro benzene ring substituents is 2. The van der Waals surface area contributed by atoms with Crippen molar-refractivity contribution in [2.45, 2.75) is 32.6 Å². The van der Waals surface area contributed by atoms with Crippen molar-refractivity contribution < 1.29 is 14.7 Å². The highest BCUT2D eigenvalue weighted by atomic mass is 32.1. The smallest absolute Gasteiger partial charge is 0.294 e. The van der Waals surface area contributed by atoms with Crippen LogP contribution in [-0.2, 0) is 4.84 Å². The van der Waals surface area contributed by atoms with Crippen molar-refractivity contribution in [2.24, 2.45) is 11.1 Å². The lowest BCUT2D eigenvalue weighted by molar-refractivity contribution is -0.392. The number of fused-ring (bicyclic) bond motifs is 1. The second-order valence-corrected chi connectivity index (χ2v) is 9.44. The highest BCUT2D eigenvalue weighted by Crippen LogP contribution is 2.35. The van der Waals surface area contributed by atoms with Crippen molar-refractivity contribution in [1.29, 1.82) is 0 Å². The fourth-order valence-corrected chi connectivity index (χ4v) is 5.55. The molecule has 0 N–H and O–H groups in total. The number of benzene rings is 1. The van der Waals surface area contributed by atoms with E-state index in [2.05, 4.69) is 15.0 Å².